The molecule has 0 aromatic heterocycles. The summed E-state index contributed by atoms with van der Waals surface area (Å²) < 4.78 is 5.72. The Bertz CT molecular complexity index is 582. The molecule has 0 radical (unpaired) electrons. The molecule has 0 aliphatic rings. The first-order chi connectivity index (χ1) is 10.7. The van der Waals surface area contributed by atoms with Crippen LogP contribution in [0.5, 0.6) is 5.75 Å². The third-order valence-corrected chi connectivity index (χ3v) is 3.42. The van der Waals surface area contributed by atoms with Gasteiger partial charge in [-0.05, 0) is 29.7 Å². The lowest BCUT2D eigenvalue weighted by Crippen LogP contribution is -2.39. The van der Waals surface area contributed by atoms with Crippen molar-refractivity contribution in [2.75, 3.05) is 0 Å². The Balaban J connectivity index is 1.81. The highest BCUT2D eigenvalue weighted by Crippen LogP contribution is 2.14. The lowest BCUT2D eigenvalue weighted by Gasteiger charge is -2.11. The van der Waals surface area contributed by atoms with Crippen molar-refractivity contribution in [2.45, 2.75) is 32.5 Å². The number of benzene rings is 2. The first-order valence-corrected chi connectivity index (χ1v) is 7.48. The van der Waals surface area contributed by atoms with Gasteiger partial charge in [-0.3, -0.25) is 4.79 Å². The van der Waals surface area contributed by atoms with Crippen molar-refractivity contribution in [3.05, 3.63) is 65.7 Å². The summed E-state index contributed by atoms with van der Waals surface area (Å²) in [5.41, 5.74) is 7.82. The maximum Gasteiger partial charge on any atom is 0.237 e. The predicted molar refractivity (Wildman–Crippen MR) is 87.3 cm³/mol. The summed E-state index contributed by atoms with van der Waals surface area (Å²) in [4.78, 5) is 11.6. The Morgan fingerprint density at radius 1 is 1.09 bits per heavy atom. The average Bonchev–Trinajstić information content (AvgIpc) is 2.59. The van der Waals surface area contributed by atoms with Gasteiger partial charge >= 0.3 is 0 Å². The molecule has 22 heavy (non-hydrogen) atoms. The Labute approximate surface area is 131 Å². The van der Waals surface area contributed by atoms with Crippen LogP contribution < -0.4 is 15.8 Å². The largest absolute Gasteiger partial charge is 0.489 e. The molecule has 2 aromatic carbocycles. The number of hydrogen-bond acceptors (Lipinski definition) is 3. The van der Waals surface area contributed by atoms with Crippen LogP contribution in [0.3, 0.4) is 0 Å². The van der Waals surface area contributed by atoms with E-state index in [9.17, 15) is 4.79 Å². The summed E-state index contributed by atoms with van der Waals surface area (Å²) in [6.45, 7) is 2.91. The van der Waals surface area contributed by atoms with Gasteiger partial charge in [0.25, 0.3) is 0 Å². The number of nitrogens with one attached hydrogen (secondary N) is 1. The van der Waals surface area contributed by atoms with Gasteiger partial charge in [-0.1, -0.05) is 49.4 Å². The van der Waals surface area contributed by atoms with Crippen LogP contribution in [0, 0.1) is 0 Å². The second kappa shape index (κ2) is 8.20. The number of ether oxygens (including phenoxy) is 1. The SMILES string of the molecule is CC[C@H](N)C(=O)NCc1ccc(OCc2ccccc2)cc1. The van der Waals surface area contributed by atoms with E-state index in [1.807, 2.05) is 61.5 Å². The number of rotatable bonds is 7. The molecule has 116 valence electrons. The van der Waals surface area contributed by atoms with E-state index in [2.05, 4.69) is 5.32 Å². The molecule has 0 aliphatic carbocycles. The summed E-state index contributed by atoms with van der Waals surface area (Å²) in [5.74, 6) is 0.691. The summed E-state index contributed by atoms with van der Waals surface area (Å²) >= 11 is 0. The molecule has 0 spiro atoms. The van der Waals surface area contributed by atoms with E-state index in [0.717, 1.165) is 16.9 Å². The first kappa shape index (κ1) is 16.0. The number of nitrogens with two attached hydrogens (primary N) is 1. The van der Waals surface area contributed by atoms with E-state index in [4.69, 9.17) is 10.5 Å². The second-order valence-electron chi connectivity index (χ2n) is 5.15. The minimum atomic E-state index is -0.437. The highest BCUT2D eigenvalue weighted by molar-refractivity contribution is 5.81. The highest BCUT2D eigenvalue weighted by Gasteiger charge is 2.09. The van der Waals surface area contributed by atoms with Crippen LogP contribution in [0.15, 0.2) is 54.6 Å². The Morgan fingerprint density at radius 3 is 2.41 bits per heavy atom. The maximum atomic E-state index is 11.6. The Kier molecular flexibility index (Phi) is 5.98. The quantitative estimate of drug-likeness (QED) is 0.826. The van der Waals surface area contributed by atoms with Gasteiger partial charge < -0.3 is 15.8 Å². The minimum absolute atomic E-state index is 0.119. The molecule has 4 nitrogen and oxygen atoms in total. The zero-order chi connectivity index (χ0) is 15.8. The van der Waals surface area contributed by atoms with Gasteiger partial charge in [-0.2, -0.15) is 0 Å². The van der Waals surface area contributed by atoms with Crippen molar-refractivity contribution in [1.82, 2.24) is 5.32 Å². The highest BCUT2D eigenvalue weighted by atomic mass is 16.5. The minimum Gasteiger partial charge on any atom is -0.489 e. The van der Waals surface area contributed by atoms with Gasteiger partial charge in [0.15, 0.2) is 0 Å². The number of carbonyl (C=O) groups is 1. The van der Waals surface area contributed by atoms with Crippen LogP contribution in [-0.4, -0.2) is 11.9 Å². The summed E-state index contributed by atoms with van der Waals surface area (Å²) in [6.07, 6.45) is 0.637. The molecule has 4 heteroatoms. The van der Waals surface area contributed by atoms with Crippen molar-refractivity contribution in [3.63, 3.8) is 0 Å². The fourth-order valence-corrected chi connectivity index (χ4v) is 1.95. The molecule has 0 aliphatic heterocycles. The average molecular weight is 298 g/mol. The number of hydrogen-bond donors (Lipinski definition) is 2. The standard InChI is InChI=1S/C18H22N2O2/c1-2-17(19)18(21)20-12-14-8-10-16(11-9-14)22-13-15-6-4-3-5-7-15/h3-11,17H,2,12-13,19H2,1H3,(H,20,21)/t17-/m0/s1. The van der Waals surface area contributed by atoms with E-state index in [-0.39, 0.29) is 5.91 Å². The van der Waals surface area contributed by atoms with Crippen LogP contribution in [0.2, 0.25) is 0 Å². The van der Waals surface area contributed by atoms with Gasteiger partial charge in [-0.25, -0.2) is 0 Å². The van der Waals surface area contributed by atoms with Gasteiger partial charge in [0, 0.05) is 6.54 Å². The molecular formula is C18H22N2O2. The molecule has 0 unspecified atom stereocenters. The summed E-state index contributed by atoms with van der Waals surface area (Å²) in [7, 11) is 0. The van der Waals surface area contributed by atoms with Crippen molar-refractivity contribution >= 4 is 5.91 Å². The predicted octanol–water partition coefficient (Wildman–Crippen LogP) is 2.62. The zero-order valence-corrected chi connectivity index (χ0v) is 12.8. The van der Waals surface area contributed by atoms with Gasteiger partial charge in [-0.15, -0.1) is 0 Å². The molecule has 1 amide bonds. The molecule has 2 rings (SSSR count). The summed E-state index contributed by atoms with van der Waals surface area (Å²) in [5, 5.41) is 2.82. The molecule has 1 atom stereocenters. The Morgan fingerprint density at radius 2 is 1.77 bits per heavy atom. The topological polar surface area (TPSA) is 64.4 Å². The van der Waals surface area contributed by atoms with Crippen molar-refractivity contribution < 1.29 is 9.53 Å². The Hall–Kier alpha value is -2.33. The van der Waals surface area contributed by atoms with Crippen LogP contribution in [0.4, 0.5) is 0 Å². The fourth-order valence-electron chi connectivity index (χ4n) is 1.95. The van der Waals surface area contributed by atoms with Gasteiger partial charge in [0.1, 0.15) is 12.4 Å². The maximum absolute atomic E-state index is 11.6. The van der Waals surface area contributed by atoms with E-state index in [1.165, 1.54) is 0 Å². The van der Waals surface area contributed by atoms with Gasteiger partial charge in [0.2, 0.25) is 5.91 Å². The van der Waals surface area contributed by atoms with E-state index >= 15 is 0 Å². The van der Waals surface area contributed by atoms with Crippen LogP contribution >= 0.6 is 0 Å². The lowest BCUT2D eigenvalue weighted by molar-refractivity contribution is -0.122. The van der Waals surface area contributed by atoms with Crippen molar-refractivity contribution in [3.8, 4) is 5.75 Å². The normalized spacial score (nSPS) is 11.7. The van der Waals surface area contributed by atoms with Crippen molar-refractivity contribution in [2.24, 2.45) is 5.73 Å². The van der Waals surface area contributed by atoms with Crippen LogP contribution in [0.1, 0.15) is 24.5 Å². The summed E-state index contributed by atoms with van der Waals surface area (Å²) in [6, 6.07) is 17.3. The van der Waals surface area contributed by atoms with E-state index in [0.29, 0.717) is 19.6 Å². The molecule has 0 heterocycles. The monoisotopic (exact) mass is 298 g/mol. The molecule has 0 saturated heterocycles. The third-order valence-electron chi connectivity index (χ3n) is 3.42. The molecule has 0 saturated carbocycles. The number of carbonyl (C=O) groups excluding carboxylic acids is 1. The third kappa shape index (κ3) is 4.90. The van der Waals surface area contributed by atoms with Crippen molar-refractivity contribution in [1.29, 1.82) is 0 Å². The fraction of sp³-hybridized carbons (Fsp3) is 0.278. The van der Waals surface area contributed by atoms with E-state index in [1.54, 1.807) is 0 Å². The van der Waals surface area contributed by atoms with Crippen LogP contribution in [0.25, 0.3) is 0 Å². The second-order valence-corrected chi connectivity index (χ2v) is 5.15. The lowest BCUT2D eigenvalue weighted by atomic mass is 10.2. The number of amides is 1. The first-order valence-electron chi connectivity index (χ1n) is 7.48. The zero-order valence-electron chi connectivity index (χ0n) is 12.8. The molecule has 0 bridgehead atoms. The van der Waals surface area contributed by atoms with Gasteiger partial charge in [0.05, 0.1) is 6.04 Å². The molecule has 3 N–H and O–H groups in total. The molecule has 2 aromatic rings. The smallest absolute Gasteiger partial charge is 0.237 e. The van der Waals surface area contributed by atoms with E-state index < -0.39 is 6.04 Å². The van der Waals surface area contributed by atoms with Crippen LogP contribution in [-0.2, 0) is 17.9 Å². The molecular weight excluding hydrogens is 276 g/mol. The molecule has 0 fully saturated rings.